The molecule has 8 heteroatoms. The maximum absolute atomic E-state index is 12.4. The highest BCUT2D eigenvalue weighted by atomic mass is 16.7. The zero-order chi connectivity index (χ0) is 21.9. The molecule has 0 spiro atoms. The van der Waals surface area contributed by atoms with Crippen molar-refractivity contribution < 1.29 is 28.7 Å². The van der Waals surface area contributed by atoms with Gasteiger partial charge in [-0.15, -0.1) is 0 Å². The van der Waals surface area contributed by atoms with Crippen molar-refractivity contribution in [3.8, 4) is 5.75 Å². The number of carbonyl (C=O) groups excluding carboxylic acids is 4. The minimum Gasteiger partial charge on any atom is -0.434 e. The molecule has 2 N–H and O–H groups in total. The molecule has 2 rings (SSSR count). The second-order valence-corrected chi connectivity index (χ2v) is 6.40. The van der Waals surface area contributed by atoms with Gasteiger partial charge >= 0.3 is 6.16 Å². The molecule has 2 amide bonds. The summed E-state index contributed by atoms with van der Waals surface area (Å²) in [7, 11) is 0. The van der Waals surface area contributed by atoms with Gasteiger partial charge in [0.05, 0.1) is 6.61 Å². The summed E-state index contributed by atoms with van der Waals surface area (Å²) in [5, 5.41) is 5.55. The molecule has 2 aromatic rings. The van der Waals surface area contributed by atoms with E-state index < -0.39 is 6.16 Å². The van der Waals surface area contributed by atoms with Gasteiger partial charge in [-0.1, -0.05) is 18.2 Å². The van der Waals surface area contributed by atoms with E-state index >= 15 is 0 Å². The van der Waals surface area contributed by atoms with Crippen molar-refractivity contribution in [3.05, 3.63) is 59.7 Å². The van der Waals surface area contributed by atoms with Gasteiger partial charge < -0.3 is 24.9 Å². The van der Waals surface area contributed by atoms with E-state index in [1.165, 1.54) is 31.2 Å². The van der Waals surface area contributed by atoms with Gasteiger partial charge in [-0.05, 0) is 49.7 Å². The second kappa shape index (κ2) is 11.4. The summed E-state index contributed by atoms with van der Waals surface area (Å²) in [6.45, 7) is 3.51. The molecule has 0 aliphatic heterocycles. The molecule has 0 aliphatic carbocycles. The Morgan fingerprint density at radius 3 is 2.30 bits per heavy atom. The van der Waals surface area contributed by atoms with Crippen LogP contribution in [0, 0.1) is 0 Å². The molecule has 0 unspecified atom stereocenters. The molecule has 0 saturated carbocycles. The van der Waals surface area contributed by atoms with Crippen molar-refractivity contribution in [1.29, 1.82) is 0 Å². The molecule has 0 fully saturated rings. The zero-order valence-electron chi connectivity index (χ0n) is 16.9. The summed E-state index contributed by atoms with van der Waals surface area (Å²) < 4.78 is 9.64. The van der Waals surface area contributed by atoms with E-state index in [0.29, 0.717) is 11.3 Å². The highest BCUT2D eigenvalue weighted by molar-refractivity contribution is 5.95. The van der Waals surface area contributed by atoms with Crippen LogP contribution in [0.5, 0.6) is 5.75 Å². The molecule has 0 radical (unpaired) electrons. The number of ether oxygens (including phenoxy) is 2. The molecule has 0 bridgehead atoms. The lowest BCUT2D eigenvalue weighted by Gasteiger charge is -2.12. The highest BCUT2D eigenvalue weighted by Crippen LogP contribution is 2.17. The van der Waals surface area contributed by atoms with Crippen LogP contribution in [-0.4, -0.2) is 30.4 Å². The first-order chi connectivity index (χ1) is 14.4. The maximum atomic E-state index is 12.4. The van der Waals surface area contributed by atoms with Gasteiger partial charge in [0.15, 0.2) is 0 Å². The van der Waals surface area contributed by atoms with Crippen molar-refractivity contribution in [2.75, 3.05) is 11.9 Å². The van der Waals surface area contributed by atoms with Crippen molar-refractivity contribution in [2.45, 2.75) is 33.2 Å². The van der Waals surface area contributed by atoms with E-state index in [9.17, 15) is 19.2 Å². The summed E-state index contributed by atoms with van der Waals surface area (Å²) in [6, 6.07) is 13.1. The monoisotopic (exact) mass is 412 g/mol. The summed E-state index contributed by atoms with van der Waals surface area (Å²) in [5.74, 6) is -0.371. The third-order valence-corrected chi connectivity index (χ3v) is 4.01. The van der Waals surface area contributed by atoms with Crippen LogP contribution in [0.4, 0.5) is 10.5 Å². The maximum Gasteiger partial charge on any atom is 0.513 e. The number of Topliss-reactive ketones (excluding diaryl/α,β-unsaturated/α-hetero) is 1. The Morgan fingerprint density at radius 2 is 1.63 bits per heavy atom. The van der Waals surface area contributed by atoms with Crippen molar-refractivity contribution in [2.24, 2.45) is 0 Å². The number of para-hydroxylation sites is 1. The van der Waals surface area contributed by atoms with E-state index in [1.54, 1.807) is 31.2 Å². The lowest BCUT2D eigenvalue weighted by atomic mass is 10.1. The van der Waals surface area contributed by atoms with Crippen LogP contribution < -0.4 is 15.4 Å². The number of carbonyl (C=O) groups is 4. The first-order valence-electron chi connectivity index (χ1n) is 9.49. The van der Waals surface area contributed by atoms with Crippen LogP contribution in [0.25, 0.3) is 0 Å². The van der Waals surface area contributed by atoms with Gasteiger partial charge in [0, 0.05) is 30.6 Å². The molecule has 0 aliphatic rings. The molecule has 8 nitrogen and oxygen atoms in total. The van der Waals surface area contributed by atoms with E-state index in [-0.39, 0.29) is 49.3 Å². The number of anilines is 1. The Balaban J connectivity index is 1.94. The number of hydrogen-bond donors (Lipinski definition) is 2. The van der Waals surface area contributed by atoms with Gasteiger partial charge in [0.2, 0.25) is 5.91 Å². The van der Waals surface area contributed by atoms with Crippen LogP contribution in [0.3, 0.4) is 0 Å². The Bertz CT molecular complexity index is 908. The summed E-state index contributed by atoms with van der Waals surface area (Å²) in [5.41, 5.74) is 1.68. The van der Waals surface area contributed by atoms with Crippen LogP contribution in [-0.2, 0) is 20.9 Å². The number of benzene rings is 2. The Morgan fingerprint density at radius 1 is 0.933 bits per heavy atom. The van der Waals surface area contributed by atoms with E-state index in [0.717, 1.165) is 5.56 Å². The van der Waals surface area contributed by atoms with Crippen LogP contribution in [0.2, 0.25) is 0 Å². The van der Waals surface area contributed by atoms with Crippen molar-refractivity contribution >= 4 is 29.4 Å². The quantitative estimate of drug-likeness (QED) is 0.482. The predicted molar refractivity (Wildman–Crippen MR) is 110 cm³/mol. The minimum absolute atomic E-state index is 0.0515. The number of hydrogen-bond acceptors (Lipinski definition) is 6. The predicted octanol–water partition coefficient (Wildman–Crippen LogP) is 3.46. The number of rotatable bonds is 9. The molecule has 0 heterocycles. The van der Waals surface area contributed by atoms with E-state index in [4.69, 9.17) is 4.74 Å². The molecular formula is C22H24N2O6. The summed E-state index contributed by atoms with van der Waals surface area (Å²) >= 11 is 0. The fourth-order valence-electron chi connectivity index (χ4n) is 2.49. The average molecular weight is 412 g/mol. The topological polar surface area (TPSA) is 111 Å². The van der Waals surface area contributed by atoms with Crippen LogP contribution in [0.1, 0.15) is 42.6 Å². The Labute approximate surface area is 174 Å². The third kappa shape index (κ3) is 7.38. The fraction of sp³-hybridized carbons (Fsp3) is 0.273. The van der Waals surface area contributed by atoms with E-state index in [2.05, 4.69) is 15.4 Å². The van der Waals surface area contributed by atoms with Crippen LogP contribution >= 0.6 is 0 Å². The highest BCUT2D eigenvalue weighted by Gasteiger charge is 2.11. The molecule has 0 saturated heterocycles. The SMILES string of the molecule is CCOC(=O)Oc1ccc(C(=O)NCc2ccccc2NC(=O)CCC(C)=O)cc1. The van der Waals surface area contributed by atoms with Crippen molar-refractivity contribution in [3.63, 3.8) is 0 Å². The molecule has 0 aromatic heterocycles. The standard InChI is InChI=1S/C22H24N2O6/c1-3-29-22(28)30-18-11-9-16(10-12-18)21(27)23-14-17-6-4-5-7-19(17)24-20(26)13-8-15(2)25/h4-7,9-12H,3,8,13-14H2,1-2H3,(H,23,27)(H,24,26). The largest absolute Gasteiger partial charge is 0.513 e. The second-order valence-electron chi connectivity index (χ2n) is 6.40. The lowest BCUT2D eigenvalue weighted by molar-refractivity contribution is -0.121. The number of amides is 2. The minimum atomic E-state index is -0.809. The van der Waals surface area contributed by atoms with Gasteiger partial charge in [-0.2, -0.15) is 0 Å². The molecule has 0 atom stereocenters. The van der Waals surface area contributed by atoms with Gasteiger partial charge in [0.25, 0.3) is 5.91 Å². The zero-order valence-corrected chi connectivity index (χ0v) is 16.9. The normalized spacial score (nSPS) is 10.1. The van der Waals surface area contributed by atoms with Gasteiger partial charge in [0.1, 0.15) is 11.5 Å². The lowest BCUT2D eigenvalue weighted by Crippen LogP contribution is -2.24. The molecular weight excluding hydrogens is 388 g/mol. The first-order valence-corrected chi connectivity index (χ1v) is 9.49. The Hall–Kier alpha value is -3.68. The average Bonchev–Trinajstić information content (AvgIpc) is 2.72. The van der Waals surface area contributed by atoms with E-state index in [1.807, 2.05) is 0 Å². The molecule has 2 aromatic carbocycles. The van der Waals surface area contributed by atoms with Crippen LogP contribution in [0.15, 0.2) is 48.5 Å². The van der Waals surface area contributed by atoms with Gasteiger partial charge in [-0.3, -0.25) is 9.59 Å². The first kappa shape index (κ1) is 22.6. The number of nitrogens with one attached hydrogen (secondary N) is 2. The van der Waals surface area contributed by atoms with Crippen molar-refractivity contribution in [1.82, 2.24) is 5.32 Å². The Kier molecular flexibility index (Phi) is 8.56. The molecule has 30 heavy (non-hydrogen) atoms. The molecule has 158 valence electrons. The van der Waals surface area contributed by atoms with Gasteiger partial charge in [-0.25, -0.2) is 4.79 Å². The smallest absolute Gasteiger partial charge is 0.434 e. The third-order valence-electron chi connectivity index (χ3n) is 4.01. The summed E-state index contributed by atoms with van der Waals surface area (Å²) in [4.78, 5) is 46.7. The number of ketones is 1. The fourth-order valence-corrected chi connectivity index (χ4v) is 2.49. The summed E-state index contributed by atoms with van der Waals surface area (Å²) in [6.07, 6.45) is -0.520.